The minimum Gasteiger partial charge on any atom is -0.451 e. The number of rotatable bonds is 6. The summed E-state index contributed by atoms with van der Waals surface area (Å²) in [5.41, 5.74) is 2.87. The molecular formula is C24H33N3O3. The summed E-state index contributed by atoms with van der Waals surface area (Å²) < 4.78 is 7.43. The van der Waals surface area contributed by atoms with Gasteiger partial charge in [0.2, 0.25) is 0 Å². The van der Waals surface area contributed by atoms with Crippen molar-refractivity contribution in [3.05, 3.63) is 28.6 Å². The van der Waals surface area contributed by atoms with E-state index < -0.39 is 5.97 Å². The highest BCUT2D eigenvalue weighted by molar-refractivity contribution is 5.99. The number of carbonyl (C=O) groups is 2. The molecule has 1 aromatic rings. The molecule has 2 atom stereocenters. The van der Waals surface area contributed by atoms with Crippen LogP contribution >= 0.6 is 0 Å². The van der Waals surface area contributed by atoms with Crippen molar-refractivity contribution in [1.29, 1.82) is 5.26 Å². The molecule has 3 rings (SSSR count). The van der Waals surface area contributed by atoms with Gasteiger partial charge in [-0.05, 0) is 69.6 Å². The second-order valence-electron chi connectivity index (χ2n) is 8.57. The third-order valence-electron chi connectivity index (χ3n) is 6.59. The van der Waals surface area contributed by atoms with Crippen molar-refractivity contribution in [3.63, 3.8) is 0 Å². The first-order chi connectivity index (χ1) is 14.5. The Morgan fingerprint density at radius 2 is 1.97 bits per heavy atom. The number of piperidine rings is 1. The number of hydrogen-bond donors (Lipinski definition) is 0. The minimum absolute atomic E-state index is 0.0752. The van der Waals surface area contributed by atoms with Crippen LogP contribution in [0, 0.1) is 31.1 Å². The van der Waals surface area contributed by atoms with Gasteiger partial charge in [0.15, 0.2) is 6.61 Å². The summed E-state index contributed by atoms with van der Waals surface area (Å²) in [5, 5.41) is 9.48. The molecule has 162 valence electrons. The number of nitriles is 1. The first-order valence-corrected chi connectivity index (χ1v) is 11.2. The molecule has 0 spiro atoms. The van der Waals surface area contributed by atoms with Crippen molar-refractivity contribution in [2.45, 2.75) is 78.3 Å². The fraction of sp³-hybridized carbons (Fsp3) is 0.625. The topological polar surface area (TPSA) is 75.3 Å². The van der Waals surface area contributed by atoms with Gasteiger partial charge in [-0.3, -0.25) is 4.79 Å². The monoisotopic (exact) mass is 411 g/mol. The lowest BCUT2D eigenvalue weighted by Crippen LogP contribution is -2.50. The van der Waals surface area contributed by atoms with Gasteiger partial charge < -0.3 is 14.2 Å². The van der Waals surface area contributed by atoms with Gasteiger partial charge >= 0.3 is 5.97 Å². The van der Waals surface area contributed by atoms with Crippen LogP contribution in [-0.4, -0.2) is 40.5 Å². The van der Waals surface area contributed by atoms with Gasteiger partial charge in [-0.2, -0.15) is 5.26 Å². The molecule has 1 amide bonds. The van der Waals surface area contributed by atoms with Gasteiger partial charge in [-0.15, -0.1) is 0 Å². The molecule has 1 aromatic heterocycles. The van der Waals surface area contributed by atoms with Crippen LogP contribution in [0.1, 0.15) is 68.8 Å². The average Bonchev–Trinajstić information content (AvgIpc) is 3.02. The molecule has 1 saturated carbocycles. The molecule has 6 nitrogen and oxygen atoms in total. The second kappa shape index (κ2) is 9.97. The van der Waals surface area contributed by atoms with Crippen LogP contribution < -0.4 is 0 Å². The first kappa shape index (κ1) is 22.1. The van der Waals surface area contributed by atoms with E-state index in [4.69, 9.17) is 4.74 Å². The Morgan fingerprint density at radius 3 is 2.70 bits per heavy atom. The van der Waals surface area contributed by atoms with Gasteiger partial charge in [0, 0.05) is 30.5 Å². The van der Waals surface area contributed by atoms with Gasteiger partial charge in [0.25, 0.3) is 5.91 Å². The van der Waals surface area contributed by atoms with Crippen LogP contribution in [-0.2, 0) is 20.9 Å². The molecule has 0 radical (unpaired) electrons. The maximum Gasteiger partial charge on any atom is 0.349 e. The molecule has 2 aliphatic rings. The highest BCUT2D eigenvalue weighted by atomic mass is 16.5. The Bertz CT molecular complexity index is 860. The van der Waals surface area contributed by atoms with Crippen molar-refractivity contribution in [2.75, 3.05) is 13.2 Å². The molecule has 2 fully saturated rings. The number of ether oxygens (including phenoxy) is 1. The molecule has 0 N–H and O–H groups in total. The van der Waals surface area contributed by atoms with E-state index in [1.807, 2.05) is 30.9 Å². The quantitative estimate of drug-likeness (QED) is 0.400. The molecule has 1 saturated heterocycles. The molecule has 1 aliphatic heterocycles. The Labute approximate surface area is 179 Å². The number of hydrogen-bond acceptors (Lipinski definition) is 4. The highest BCUT2D eigenvalue weighted by Crippen LogP contribution is 2.35. The standard InChI is InChI=1S/C24H33N3O3/c1-4-11-26-17(2)13-20(18(26)3)14-21(15-25)24(29)30-16-23(28)27-12-7-9-19-8-5-6-10-22(19)27/h13-14,19,22H,4-12,16H2,1-3H3/b21-14+/t19-,22+/m1/s1. The van der Waals surface area contributed by atoms with Crippen molar-refractivity contribution >= 4 is 18.0 Å². The zero-order chi connectivity index (χ0) is 21.7. The summed E-state index contributed by atoms with van der Waals surface area (Å²) >= 11 is 0. The van der Waals surface area contributed by atoms with E-state index in [2.05, 4.69) is 11.5 Å². The Balaban J connectivity index is 1.64. The summed E-state index contributed by atoms with van der Waals surface area (Å²) in [5.74, 6) is -0.290. The van der Waals surface area contributed by atoms with E-state index in [1.54, 1.807) is 6.08 Å². The van der Waals surface area contributed by atoms with Gasteiger partial charge in [-0.1, -0.05) is 19.8 Å². The lowest BCUT2D eigenvalue weighted by atomic mass is 9.78. The average molecular weight is 412 g/mol. The summed E-state index contributed by atoms with van der Waals surface area (Å²) in [7, 11) is 0. The number of fused-ring (bicyclic) bond motifs is 1. The number of carbonyl (C=O) groups excluding carboxylic acids is 2. The van der Waals surface area contributed by atoms with E-state index in [-0.39, 0.29) is 24.1 Å². The normalized spacial score (nSPS) is 21.7. The third kappa shape index (κ3) is 4.77. The van der Waals surface area contributed by atoms with Crippen molar-refractivity contribution in [1.82, 2.24) is 9.47 Å². The zero-order valence-corrected chi connectivity index (χ0v) is 18.4. The number of esters is 1. The number of likely N-dealkylation sites (tertiary alicyclic amines) is 1. The molecular weight excluding hydrogens is 378 g/mol. The van der Waals surface area contributed by atoms with Crippen molar-refractivity contribution < 1.29 is 14.3 Å². The largest absolute Gasteiger partial charge is 0.451 e. The third-order valence-corrected chi connectivity index (χ3v) is 6.59. The maximum atomic E-state index is 12.7. The molecule has 2 heterocycles. The lowest BCUT2D eigenvalue weighted by Gasteiger charge is -2.44. The van der Waals surface area contributed by atoms with Crippen LogP contribution in [0.2, 0.25) is 0 Å². The molecule has 0 bridgehead atoms. The maximum absolute atomic E-state index is 12.7. The van der Waals surface area contributed by atoms with Crippen molar-refractivity contribution in [2.24, 2.45) is 5.92 Å². The first-order valence-electron chi connectivity index (χ1n) is 11.2. The molecule has 1 aliphatic carbocycles. The Morgan fingerprint density at radius 1 is 1.23 bits per heavy atom. The van der Waals surface area contributed by atoms with E-state index in [9.17, 15) is 14.9 Å². The number of aromatic nitrogens is 1. The summed E-state index contributed by atoms with van der Waals surface area (Å²) in [6, 6.07) is 4.19. The number of nitrogens with zero attached hydrogens (tertiary/aromatic N) is 3. The molecule has 6 heteroatoms. The summed E-state index contributed by atoms with van der Waals surface area (Å²) in [6.07, 6.45) is 9.40. The molecule has 30 heavy (non-hydrogen) atoms. The molecule has 0 aromatic carbocycles. The zero-order valence-electron chi connectivity index (χ0n) is 18.4. The van der Waals surface area contributed by atoms with Gasteiger partial charge in [0.05, 0.1) is 0 Å². The van der Waals surface area contributed by atoms with E-state index in [1.165, 1.54) is 19.3 Å². The van der Waals surface area contributed by atoms with E-state index in [0.717, 1.165) is 55.7 Å². The van der Waals surface area contributed by atoms with Gasteiger partial charge in [-0.25, -0.2) is 4.79 Å². The predicted octanol–water partition coefficient (Wildman–Crippen LogP) is 4.15. The number of aryl methyl sites for hydroxylation is 1. The predicted molar refractivity (Wildman–Crippen MR) is 115 cm³/mol. The highest BCUT2D eigenvalue weighted by Gasteiger charge is 2.35. The van der Waals surface area contributed by atoms with Crippen LogP contribution in [0.3, 0.4) is 0 Å². The SMILES string of the molecule is CCCn1c(C)cc(/C=C(\C#N)C(=O)OCC(=O)N2CCC[C@H]3CCCC[C@@H]32)c1C. The summed E-state index contributed by atoms with van der Waals surface area (Å²) in [6.45, 7) is 7.44. The minimum atomic E-state index is -0.733. The van der Waals surface area contributed by atoms with E-state index in [0.29, 0.717) is 5.92 Å². The summed E-state index contributed by atoms with van der Waals surface area (Å²) in [4.78, 5) is 27.1. The fourth-order valence-corrected chi connectivity index (χ4v) is 5.06. The van der Waals surface area contributed by atoms with Crippen LogP contribution in [0.15, 0.2) is 11.6 Å². The smallest absolute Gasteiger partial charge is 0.349 e. The van der Waals surface area contributed by atoms with Crippen LogP contribution in [0.5, 0.6) is 0 Å². The van der Waals surface area contributed by atoms with Crippen molar-refractivity contribution in [3.8, 4) is 6.07 Å². The number of amides is 1. The Hall–Kier alpha value is -2.55. The van der Waals surface area contributed by atoms with E-state index >= 15 is 0 Å². The van der Waals surface area contributed by atoms with Gasteiger partial charge in [0.1, 0.15) is 11.6 Å². The van der Waals surface area contributed by atoms with Crippen LogP contribution in [0.4, 0.5) is 0 Å². The van der Waals surface area contributed by atoms with Crippen LogP contribution in [0.25, 0.3) is 6.08 Å². The fourth-order valence-electron chi connectivity index (χ4n) is 5.06. The Kier molecular flexibility index (Phi) is 7.36. The molecule has 0 unspecified atom stereocenters. The lowest BCUT2D eigenvalue weighted by molar-refractivity contribution is -0.152. The second-order valence-corrected chi connectivity index (χ2v) is 8.57.